The SMILES string of the molecule is Nn1c(COc2ccccc2F)nnc1SCC(=O)NC(=O)NC1CCCC1. The van der Waals surface area contributed by atoms with E-state index in [1.807, 2.05) is 0 Å². The first-order valence-corrected chi connectivity index (χ1v) is 9.81. The molecule has 1 aromatic carbocycles. The third-order valence-electron chi connectivity index (χ3n) is 4.20. The highest BCUT2D eigenvalue weighted by molar-refractivity contribution is 7.99. The number of aromatic nitrogens is 3. The lowest BCUT2D eigenvalue weighted by Gasteiger charge is -2.12. The van der Waals surface area contributed by atoms with Crippen LogP contribution in [0.25, 0.3) is 0 Å². The van der Waals surface area contributed by atoms with Gasteiger partial charge in [-0.25, -0.2) is 13.9 Å². The lowest BCUT2D eigenvalue weighted by molar-refractivity contribution is -0.117. The highest BCUT2D eigenvalue weighted by Crippen LogP contribution is 2.19. The molecule has 9 nitrogen and oxygen atoms in total. The molecule has 150 valence electrons. The molecule has 1 aromatic heterocycles. The number of nitrogens with zero attached hydrogens (tertiary/aromatic N) is 3. The molecular weight excluding hydrogens is 387 g/mol. The number of benzene rings is 1. The summed E-state index contributed by atoms with van der Waals surface area (Å²) >= 11 is 1.03. The number of para-hydroxylation sites is 1. The van der Waals surface area contributed by atoms with Crippen LogP contribution in [0.4, 0.5) is 9.18 Å². The Morgan fingerprint density at radius 1 is 1.29 bits per heavy atom. The van der Waals surface area contributed by atoms with Crippen molar-refractivity contribution in [3.05, 3.63) is 35.9 Å². The van der Waals surface area contributed by atoms with E-state index in [-0.39, 0.29) is 35.1 Å². The van der Waals surface area contributed by atoms with Crippen LogP contribution in [0.1, 0.15) is 31.5 Å². The first-order chi connectivity index (χ1) is 13.5. The zero-order valence-corrected chi connectivity index (χ0v) is 15.9. The minimum Gasteiger partial charge on any atom is -0.482 e. The number of nitrogen functional groups attached to an aromatic ring is 1. The number of nitrogens with two attached hydrogens (primary N) is 1. The van der Waals surface area contributed by atoms with Gasteiger partial charge in [-0.1, -0.05) is 36.7 Å². The molecule has 0 radical (unpaired) electrons. The second-order valence-corrected chi connectivity index (χ2v) is 7.22. The molecule has 0 saturated heterocycles. The number of amides is 3. The number of ether oxygens (including phenoxy) is 1. The van der Waals surface area contributed by atoms with Crippen molar-refractivity contribution in [2.24, 2.45) is 0 Å². The molecule has 1 aliphatic carbocycles. The van der Waals surface area contributed by atoms with Gasteiger partial charge in [-0.3, -0.25) is 10.1 Å². The third-order valence-corrected chi connectivity index (χ3v) is 5.15. The molecule has 28 heavy (non-hydrogen) atoms. The van der Waals surface area contributed by atoms with E-state index in [0.29, 0.717) is 0 Å². The van der Waals surface area contributed by atoms with Gasteiger partial charge in [-0.05, 0) is 25.0 Å². The standard InChI is InChI=1S/C17H21FN6O3S/c18-12-7-3-4-8-13(12)27-9-14-22-23-17(24(14)19)28-10-15(25)21-16(26)20-11-5-1-2-6-11/h3-4,7-8,11H,1-2,5-6,9-10,19H2,(H2,20,21,25,26). The summed E-state index contributed by atoms with van der Waals surface area (Å²) in [6.07, 6.45) is 4.04. The summed E-state index contributed by atoms with van der Waals surface area (Å²) in [7, 11) is 0. The number of hydrogen-bond acceptors (Lipinski definition) is 7. The number of carbonyl (C=O) groups excluding carboxylic acids is 2. The summed E-state index contributed by atoms with van der Waals surface area (Å²) in [6.45, 7) is -0.0824. The molecule has 1 aliphatic rings. The van der Waals surface area contributed by atoms with Crippen molar-refractivity contribution in [2.45, 2.75) is 43.5 Å². The first-order valence-electron chi connectivity index (χ1n) is 8.83. The van der Waals surface area contributed by atoms with Crippen molar-refractivity contribution < 1.29 is 18.7 Å². The summed E-state index contributed by atoms with van der Waals surface area (Å²) in [4.78, 5) is 23.7. The van der Waals surface area contributed by atoms with Crippen LogP contribution in [0.15, 0.2) is 29.4 Å². The fraction of sp³-hybridized carbons (Fsp3) is 0.412. The Bertz CT molecular complexity index is 840. The van der Waals surface area contributed by atoms with Crippen molar-refractivity contribution in [2.75, 3.05) is 11.6 Å². The van der Waals surface area contributed by atoms with Gasteiger partial charge in [0.15, 0.2) is 17.4 Å². The van der Waals surface area contributed by atoms with Gasteiger partial charge in [0.2, 0.25) is 11.1 Å². The lowest BCUT2D eigenvalue weighted by atomic mass is 10.2. The van der Waals surface area contributed by atoms with Crippen molar-refractivity contribution in [1.82, 2.24) is 25.5 Å². The highest BCUT2D eigenvalue weighted by Gasteiger charge is 2.19. The topological polar surface area (TPSA) is 124 Å². The van der Waals surface area contributed by atoms with Gasteiger partial charge >= 0.3 is 6.03 Å². The number of carbonyl (C=O) groups is 2. The minimum absolute atomic E-state index is 0.0540. The van der Waals surface area contributed by atoms with Crippen LogP contribution >= 0.6 is 11.8 Å². The quantitative estimate of drug-likeness (QED) is 0.469. The maximum Gasteiger partial charge on any atom is 0.321 e. The summed E-state index contributed by atoms with van der Waals surface area (Å²) < 4.78 is 20.1. The predicted molar refractivity (Wildman–Crippen MR) is 101 cm³/mol. The number of urea groups is 1. The minimum atomic E-state index is -0.495. The molecule has 0 aliphatic heterocycles. The van der Waals surface area contributed by atoms with Gasteiger partial charge < -0.3 is 15.9 Å². The van der Waals surface area contributed by atoms with Gasteiger partial charge in [-0.2, -0.15) is 0 Å². The molecule has 3 rings (SSSR count). The van der Waals surface area contributed by atoms with Crippen LogP contribution in [0.2, 0.25) is 0 Å². The monoisotopic (exact) mass is 408 g/mol. The number of hydrogen-bond donors (Lipinski definition) is 3. The predicted octanol–water partition coefficient (Wildman–Crippen LogP) is 1.57. The van der Waals surface area contributed by atoms with E-state index < -0.39 is 17.8 Å². The van der Waals surface area contributed by atoms with E-state index >= 15 is 0 Å². The number of thioether (sulfide) groups is 1. The molecule has 0 spiro atoms. The van der Waals surface area contributed by atoms with Crippen LogP contribution < -0.4 is 21.2 Å². The molecule has 11 heteroatoms. The van der Waals surface area contributed by atoms with Gasteiger partial charge in [0, 0.05) is 6.04 Å². The van der Waals surface area contributed by atoms with E-state index in [4.69, 9.17) is 10.6 Å². The van der Waals surface area contributed by atoms with E-state index in [9.17, 15) is 14.0 Å². The number of imide groups is 1. The molecule has 0 atom stereocenters. The number of nitrogens with one attached hydrogen (secondary N) is 2. The Labute approximate surface area is 165 Å². The van der Waals surface area contributed by atoms with Crippen molar-refractivity contribution in [3.8, 4) is 5.75 Å². The Balaban J connectivity index is 1.45. The summed E-state index contributed by atoms with van der Waals surface area (Å²) in [6, 6.07) is 5.61. The largest absolute Gasteiger partial charge is 0.482 e. The lowest BCUT2D eigenvalue weighted by Crippen LogP contribution is -2.44. The van der Waals surface area contributed by atoms with Crippen LogP contribution in [0.3, 0.4) is 0 Å². The summed E-state index contributed by atoms with van der Waals surface area (Å²) in [5.74, 6) is 5.22. The molecule has 1 heterocycles. The molecule has 1 saturated carbocycles. The second kappa shape index (κ2) is 9.40. The van der Waals surface area contributed by atoms with Crippen molar-refractivity contribution >= 4 is 23.7 Å². The molecule has 0 bridgehead atoms. The smallest absolute Gasteiger partial charge is 0.321 e. The summed E-state index contributed by atoms with van der Waals surface area (Å²) in [5, 5.41) is 13.1. The molecule has 4 N–H and O–H groups in total. The molecule has 0 unspecified atom stereocenters. The average Bonchev–Trinajstić information content (AvgIpc) is 3.29. The number of rotatable bonds is 7. The van der Waals surface area contributed by atoms with Gasteiger partial charge in [0.1, 0.15) is 6.61 Å². The fourth-order valence-electron chi connectivity index (χ4n) is 2.79. The van der Waals surface area contributed by atoms with E-state index in [2.05, 4.69) is 20.8 Å². The van der Waals surface area contributed by atoms with E-state index in [0.717, 1.165) is 42.1 Å². The number of halogens is 1. The normalized spacial score (nSPS) is 14.0. The first kappa shape index (κ1) is 19.9. The Kier molecular flexibility index (Phi) is 6.69. The van der Waals surface area contributed by atoms with E-state index in [1.54, 1.807) is 12.1 Å². The summed E-state index contributed by atoms with van der Waals surface area (Å²) in [5.41, 5.74) is 0. The van der Waals surface area contributed by atoms with Crippen LogP contribution in [0, 0.1) is 5.82 Å². The maximum atomic E-state index is 13.6. The molecule has 1 fully saturated rings. The van der Waals surface area contributed by atoms with Crippen molar-refractivity contribution in [1.29, 1.82) is 0 Å². The molecule has 3 amide bonds. The van der Waals surface area contributed by atoms with Gasteiger partial charge in [-0.15, -0.1) is 10.2 Å². The fourth-order valence-corrected chi connectivity index (χ4v) is 3.47. The van der Waals surface area contributed by atoms with Gasteiger partial charge in [0.25, 0.3) is 0 Å². The second-order valence-electron chi connectivity index (χ2n) is 6.28. The Morgan fingerprint density at radius 2 is 2.04 bits per heavy atom. The zero-order valence-electron chi connectivity index (χ0n) is 15.1. The molecular formula is C17H21FN6O3S. The van der Waals surface area contributed by atoms with Crippen LogP contribution in [-0.4, -0.2) is 38.6 Å². The average molecular weight is 408 g/mol. The molecule has 2 aromatic rings. The van der Waals surface area contributed by atoms with Crippen molar-refractivity contribution in [3.63, 3.8) is 0 Å². The zero-order chi connectivity index (χ0) is 19.9. The van der Waals surface area contributed by atoms with Crippen LogP contribution in [0.5, 0.6) is 5.75 Å². The van der Waals surface area contributed by atoms with Crippen LogP contribution in [-0.2, 0) is 11.4 Å². The van der Waals surface area contributed by atoms with Gasteiger partial charge in [0.05, 0.1) is 5.75 Å². The highest BCUT2D eigenvalue weighted by atomic mass is 32.2. The Morgan fingerprint density at radius 3 is 2.79 bits per heavy atom. The Hall–Kier alpha value is -2.82. The van der Waals surface area contributed by atoms with E-state index in [1.165, 1.54) is 12.1 Å². The maximum absolute atomic E-state index is 13.6. The third kappa shape index (κ3) is 5.35.